The highest BCUT2D eigenvalue weighted by Gasteiger charge is 2.48. The van der Waals surface area contributed by atoms with Crippen molar-refractivity contribution in [2.45, 2.75) is 25.1 Å². The monoisotopic (exact) mass is 398 g/mol. The van der Waals surface area contributed by atoms with Gasteiger partial charge in [0.05, 0.1) is 12.1 Å². The molecule has 2 aliphatic rings. The molecule has 3 atom stereocenters. The Kier molecular flexibility index (Phi) is 4.91. The van der Waals surface area contributed by atoms with Crippen molar-refractivity contribution < 1.29 is 9.53 Å². The number of hydrogen-bond acceptors (Lipinski definition) is 3. The predicted octanol–water partition coefficient (Wildman–Crippen LogP) is 5.58. The quantitative estimate of drug-likeness (QED) is 0.578. The lowest BCUT2D eigenvalue weighted by Crippen LogP contribution is -2.41. The van der Waals surface area contributed by atoms with Crippen LogP contribution in [-0.2, 0) is 11.3 Å². The van der Waals surface area contributed by atoms with Crippen LogP contribution < -0.4 is 4.90 Å². The van der Waals surface area contributed by atoms with Gasteiger partial charge in [-0.25, -0.2) is 4.79 Å². The second-order valence-electron chi connectivity index (χ2n) is 8.16. The number of para-hydroxylation sites is 1. The fraction of sp³-hybridized carbons (Fsp3) is 0.269. The van der Waals surface area contributed by atoms with Crippen LogP contribution in [0.2, 0.25) is 0 Å². The summed E-state index contributed by atoms with van der Waals surface area (Å²) in [6, 6.07) is 29.2. The van der Waals surface area contributed by atoms with Gasteiger partial charge in [-0.2, -0.15) is 0 Å². The van der Waals surface area contributed by atoms with E-state index in [9.17, 15) is 4.79 Å². The van der Waals surface area contributed by atoms with Gasteiger partial charge >= 0.3 is 6.09 Å². The molecule has 0 N–H and O–H groups in total. The third kappa shape index (κ3) is 3.22. The first-order chi connectivity index (χ1) is 14.7. The molecule has 0 aromatic heterocycles. The van der Waals surface area contributed by atoms with Gasteiger partial charge in [0.1, 0.15) is 6.61 Å². The third-order valence-corrected chi connectivity index (χ3v) is 6.48. The van der Waals surface area contributed by atoms with Crippen molar-refractivity contribution in [2.75, 3.05) is 18.5 Å². The largest absolute Gasteiger partial charge is 0.445 e. The predicted molar refractivity (Wildman–Crippen MR) is 118 cm³/mol. The first-order valence-electron chi connectivity index (χ1n) is 10.6. The second-order valence-corrected chi connectivity index (χ2v) is 8.16. The number of nitrogens with zero attached hydrogens (tertiary/aromatic N) is 2. The Morgan fingerprint density at radius 1 is 0.900 bits per heavy atom. The molecule has 3 aromatic rings. The number of carbonyl (C=O) groups is 1. The summed E-state index contributed by atoms with van der Waals surface area (Å²) in [5.74, 6) is 0.330. The van der Waals surface area contributed by atoms with E-state index in [1.807, 2.05) is 35.2 Å². The summed E-state index contributed by atoms with van der Waals surface area (Å²) in [5.41, 5.74) is 4.71. The molecule has 0 aliphatic carbocycles. The van der Waals surface area contributed by atoms with Crippen molar-refractivity contribution in [3.63, 3.8) is 0 Å². The minimum absolute atomic E-state index is 0.0332. The number of fused-ring (bicyclic) bond motifs is 3. The van der Waals surface area contributed by atoms with Gasteiger partial charge in [0, 0.05) is 25.2 Å². The summed E-state index contributed by atoms with van der Waals surface area (Å²) in [6.45, 7) is 1.02. The van der Waals surface area contributed by atoms with E-state index in [1.54, 1.807) is 0 Å². The maximum Gasteiger partial charge on any atom is 0.410 e. The molecule has 0 saturated carbocycles. The Hall–Kier alpha value is -3.27. The average Bonchev–Trinajstić information content (AvgIpc) is 3.24. The van der Waals surface area contributed by atoms with E-state index in [2.05, 4.69) is 66.5 Å². The van der Waals surface area contributed by atoms with Gasteiger partial charge in [-0.05, 0) is 29.2 Å². The maximum atomic E-state index is 13.1. The fourth-order valence-electron chi connectivity index (χ4n) is 5.17. The van der Waals surface area contributed by atoms with Crippen LogP contribution in [0.25, 0.3) is 0 Å². The number of likely N-dealkylation sites (tertiary alicyclic amines) is 1. The van der Waals surface area contributed by atoms with Crippen LogP contribution in [0.3, 0.4) is 0 Å². The average molecular weight is 399 g/mol. The molecule has 4 heteroatoms. The van der Waals surface area contributed by atoms with Gasteiger partial charge < -0.3 is 14.5 Å². The number of anilines is 1. The summed E-state index contributed by atoms with van der Waals surface area (Å²) < 4.78 is 5.72. The van der Waals surface area contributed by atoms with Gasteiger partial charge in [-0.15, -0.1) is 0 Å². The summed E-state index contributed by atoms with van der Waals surface area (Å²) in [6.07, 6.45) is 0.737. The number of ether oxygens (including phenoxy) is 1. The van der Waals surface area contributed by atoms with Crippen molar-refractivity contribution >= 4 is 11.8 Å². The first-order valence-corrected chi connectivity index (χ1v) is 10.6. The van der Waals surface area contributed by atoms with Crippen LogP contribution in [0.4, 0.5) is 10.5 Å². The molecule has 30 heavy (non-hydrogen) atoms. The van der Waals surface area contributed by atoms with Gasteiger partial charge in [0.25, 0.3) is 0 Å². The number of benzene rings is 3. The van der Waals surface area contributed by atoms with Gasteiger partial charge in [0.2, 0.25) is 0 Å². The lowest BCUT2D eigenvalue weighted by molar-refractivity contribution is 0.0856. The zero-order valence-corrected chi connectivity index (χ0v) is 17.1. The van der Waals surface area contributed by atoms with Crippen molar-refractivity contribution in [1.82, 2.24) is 4.90 Å². The molecule has 152 valence electrons. The Balaban J connectivity index is 1.46. The summed E-state index contributed by atoms with van der Waals surface area (Å²) >= 11 is 0. The van der Waals surface area contributed by atoms with Crippen LogP contribution in [-0.4, -0.2) is 24.6 Å². The Labute approximate surface area is 177 Å². The van der Waals surface area contributed by atoms with E-state index in [4.69, 9.17) is 4.74 Å². The molecule has 4 nitrogen and oxygen atoms in total. The van der Waals surface area contributed by atoms with Crippen LogP contribution in [0, 0.1) is 5.92 Å². The summed E-state index contributed by atoms with van der Waals surface area (Å²) in [7, 11) is 2.17. The Morgan fingerprint density at radius 3 is 2.33 bits per heavy atom. The Morgan fingerprint density at radius 2 is 1.57 bits per heavy atom. The van der Waals surface area contributed by atoms with Crippen molar-refractivity contribution in [3.8, 4) is 0 Å². The maximum absolute atomic E-state index is 13.1. The molecule has 1 amide bonds. The minimum atomic E-state index is -0.225. The third-order valence-electron chi connectivity index (χ3n) is 6.48. The molecule has 0 unspecified atom stereocenters. The van der Waals surface area contributed by atoms with Crippen LogP contribution >= 0.6 is 0 Å². The summed E-state index contributed by atoms with van der Waals surface area (Å²) in [4.78, 5) is 17.4. The van der Waals surface area contributed by atoms with E-state index >= 15 is 0 Å². The minimum Gasteiger partial charge on any atom is -0.445 e. The van der Waals surface area contributed by atoms with E-state index in [-0.39, 0.29) is 18.2 Å². The van der Waals surface area contributed by atoms with Gasteiger partial charge in [-0.1, -0.05) is 78.9 Å². The molecule has 0 bridgehead atoms. The Bertz CT molecular complexity index is 1020. The zero-order valence-electron chi connectivity index (χ0n) is 17.1. The normalized spacial score (nSPS) is 22.4. The van der Waals surface area contributed by atoms with E-state index in [0.717, 1.165) is 12.0 Å². The van der Waals surface area contributed by atoms with Crippen molar-refractivity contribution in [3.05, 3.63) is 102 Å². The lowest BCUT2D eigenvalue weighted by atomic mass is 9.79. The number of carbonyl (C=O) groups excluding carboxylic acids is 1. The molecule has 2 aliphatic heterocycles. The topological polar surface area (TPSA) is 32.8 Å². The van der Waals surface area contributed by atoms with Gasteiger partial charge in [0.15, 0.2) is 0 Å². The molecule has 2 heterocycles. The molecule has 0 radical (unpaired) electrons. The van der Waals surface area contributed by atoms with Crippen LogP contribution in [0.5, 0.6) is 0 Å². The molecular weight excluding hydrogens is 372 g/mol. The molecule has 0 spiro atoms. The SMILES string of the molecule is CN1c2ccccc2[C@H]2[C@H](CCN2C(=O)OCc2ccccc2)[C@@H]1c1ccccc1. The standard InChI is InChI=1S/C26H26N2O2/c1-27-23-15-9-8-14-21(23)25-22(24(27)20-12-6-3-7-13-20)16-17-28(25)26(29)30-18-19-10-4-2-5-11-19/h2-15,22,24-25H,16-18H2,1H3/t22-,24+,25+/m1/s1. The zero-order chi connectivity index (χ0) is 20.5. The molecule has 1 saturated heterocycles. The van der Waals surface area contributed by atoms with Crippen molar-refractivity contribution in [1.29, 1.82) is 0 Å². The van der Waals surface area contributed by atoms with E-state index in [1.165, 1.54) is 16.8 Å². The second kappa shape index (κ2) is 7.86. The first kappa shape index (κ1) is 18.7. The van der Waals surface area contributed by atoms with Crippen molar-refractivity contribution in [2.24, 2.45) is 5.92 Å². The number of amides is 1. The lowest BCUT2D eigenvalue weighted by Gasteiger charge is -2.45. The fourth-order valence-corrected chi connectivity index (χ4v) is 5.17. The molecular formula is C26H26N2O2. The summed E-state index contributed by atoms with van der Waals surface area (Å²) in [5, 5.41) is 0. The van der Waals surface area contributed by atoms with Gasteiger partial charge in [-0.3, -0.25) is 0 Å². The highest BCUT2D eigenvalue weighted by Crippen LogP contribution is 2.53. The van der Waals surface area contributed by atoms with Crippen LogP contribution in [0.1, 0.15) is 35.2 Å². The molecule has 3 aromatic carbocycles. The van der Waals surface area contributed by atoms with E-state index < -0.39 is 0 Å². The highest BCUT2D eigenvalue weighted by atomic mass is 16.6. The molecule has 5 rings (SSSR count). The highest BCUT2D eigenvalue weighted by molar-refractivity contribution is 5.71. The van der Waals surface area contributed by atoms with E-state index in [0.29, 0.717) is 19.1 Å². The smallest absolute Gasteiger partial charge is 0.410 e. The number of rotatable bonds is 3. The number of hydrogen-bond donors (Lipinski definition) is 0. The van der Waals surface area contributed by atoms with Crippen LogP contribution in [0.15, 0.2) is 84.9 Å². The molecule has 1 fully saturated rings.